The molecule has 2 N–H and O–H groups in total. The molecule has 20 heavy (non-hydrogen) atoms. The van der Waals surface area contributed by atoms with Crippen LogP contribution in [0.1, 0.15) is 33.6 Å². The van der Waals surface area contributed by atoms with E-state index in [0.717, 1.165) is 23.5 Å². The first-order valence-corrected chi connectivity index (χ1v) is 7.66. The third kappa shape index (κ3) is 3.19. The van der Waals surface area contributed by atoms with Gasteiger partial charge in [0, 0.05) is 17.7 Å². The zero-order chi connectivity index (χ0) is 14.7. The summed E-state index contributed by atoms with van der Waals surface area (Å²) < 4.78 is 4.80. The van der Waals surface area contributed by atoms with E-state index >= 15 is 0 Å². The van der Waals surface area contributed by atoms with Crippen LogP contribution in [0.2, 0.25) is 0 Å². The van der Waals surface area contributed by atoms with Gasteiger partial charge in [-0.05, 0) is 19.4 Å². The van der Waals surface area contributed by atoms with Crippen molar-refractivity contribution >= 4 is 28.2 Å². The number of likely N-dealkylation sites (tertiary alicyclic amines) is 1. The van der Waals surface area contributed by atoms with Crippen molar-refractivity contribution in [2.75, 3.05) is 32.1 Å². The van der Waals surface area contributed by atoms with E-state index < -0.39 is 5.97 Å². The van der Waals surface area contributed by atoms with Gasteiger partial charge in [0.2, 0.25) is 0 Å². The number of quaternary nitrogens is 1. The van der Waals surface area contributed by atoms with E-state index in [1.165, 1.54) is 36.2 Å². The standard InChI is InChI=1S/C14H20N2O3S/c1-9-10(2)20-13(12(9)14(18)19-3)15-11(17)8-16-6-4-5-7-16/h4-8H2,1-3H3,(H,15,17)/p+1. The second-order valence-corrected chi connectivity index (χ2v) is 6.39. The molecule has 0 unspecified atom stereocenters. The largest absolute Gasteiger partial charge is 0.465 e. The fraction of sp³-hybridized carbons (Fsp3) is 0.571. The molecule has 0 radical (unpaired) electrons. The number of carbonyl (C=O) groups is 2. The van der Waals surface area contributed by atoms with Crippen molar-refractivity contribution < 1.29 is 19.2 Å². The maximum atomic E-state index is 12.1. The molecule has 110 valence electrons. The maximum absolute atomic E-state index is 12.1. The van der Waals surface area contributed by atoms with Gasteiger partial charge in [-0.25, -0.2) is 4.79 Å². The third-order valence-corrected chi connectivity index (χ3v) is 4.87. The van der Waals surface area contributed by atoms with Gasteiger partial charge < -0.3 is 15.0 Å². The molecule has 0 aliphatic carbocycles. The van der Waals surface area contributed by atoms with Gasteiger partial charge in [0.15, 0.2) is 6.54 Å². The van der Waals surface area contributed by atoms with Gasteiger partial charge in [-0.2, -0.15) is 0 Å². The van der Waals surface area contributed by atoms with Crippen LogP contribution in [-0.2, 0) is 9.53 Å². The Morgan fingerprint density at radius 2 is 1.95 bits per heavy atom. The molecule has 0 saturated carbocycles. The average molecular weight is 297 g/mol. The Hall–Kier alpha value is -1.40. The summed E-state index contributed by atoms with van der Waals surface area (Å²) >= 11 is 1.43. The number of nitrogens with one attached hydrogen (secondary N) is 2. The number of carbonyl (C=O) groups excluding carboxylic acids is 2. The first-order valence-electron chi connectivity index (χ1n) is 6.84. The van der Waals surface area contributed by atoms with E-state index in [2.05, 4.69) is 5.32 Å². The molecule has 1 amide bonds. The number of ether oxygens (including phenoxy) is 1. The summed E-state index contributed by atoms with van der Waals surface area (Å²) in [5.74, 6) is -0.427. The number of thiophene rings is 1. The highest BCUT2D eigenvalue weighted by molar-refractivity contribution is 7.16. The number of anilines is 1. The molecular weight excluding hydrogens is 276 g/mol. The SMILES string of the molecule is COC(=O)c1c(NC(=O)C[NH+]2CCCC2)sc(C)c1C. The van der Waals surface area contributed by atoms with Gasteiger partial charge in [-0.15, -0.1) is 11.3 Å². The zero-order valence-corrected chi connectivity index (χ0v) is 13.0. The second-order valence-electron chi connectivity index (χ2n) is 5.16. The number of aryl methyl sites for hydroxylation is 1. The minimum atomic E-state index is -0.393. The Kier molecular flexibility index (Phi) is 4.77. The zero-order valence-electron chi connectivity index (χ0n) is 12.2. The first kappa shape index (κ1) is 15.0. The molecule has 5 nitrogen and oxygen atoms in total. The molecule has 1 saturated heterocycles. The number of esters is 1. The maximum Gasteiger partial charge on any atom is 0.341 e. The number of hydrogen-bond acceptors (Lipinski definition) is 4. The van der Waals surface area contributed by atoms with E-state index in [9.17, 15) is 9.59 Å². The van der Waals surface area contributed by atoms with E-state index in [4.69, 9.17) is 4.74 Å². The van der Waals surface area contributed by atoms with Gasteiger partial charge in [0.25, 0.3) is 5.91 Å². The minimum Gasteiger partial charge on any atom is -0.465 e. The van der Waals surface area contributed by atoms with Crippen molar-refractivity contribution in [2.24, 2.45) is 0 Å². The van der Waals surface area contributed by atoms with Crippen LogP contribution in [0, 0.1) is 13.8 Å². The second kappa shape index (κ2) is 6.37. The van der Waals surface area contributed by atoms with Gasteiger partial charge in [0.05, 0.1) is 25.8 Å². The summed E-state index contributed by atoms with van der Waals surface area (Å²) in [6.07, 6.45) is 2.38. The Morgan fingerprint density at radius 1 is 1.30 bits per heavy atom. The van der Waals surface area contributed by atoms with Crippen molar-refractivity contribution in [3.63, 3.8) is 0 Å². The number of rotatable bonds is 4. The molecule has 1 aromatic rings. The smallest absolute Gasteiger partial charge is 0.341 e. The predicted octanol–water partition coefficient (Wildman–Crippen LogP) is 0.769. The van der Waals surface area contributed by atoms with E-state index in [1.807, 2.05) is 13.8 Å². The first-order chi connectivity index (χ1) is 9.52. The minimum absolute atomic E-state index is 0.0340. The van der Waals surface area contributed by atoms with Crippen molar-refractivity contribution in [3.05, 3.63) is 16.0 Å². The molecule has 0 aromatic carbocycles. The Labute approximate surface area is 122 Å². The van der Waals surface area contributed by atoms with Crippen LogP contribution in [0.25, 0.3) is 0 Å². The fourth-order valence-electron chi connectivity index (χ4n) is 2.51. The van der Waals surface area contributed by atoms with Crippen LogP contribution in [-0.4, -0.2) is 38.6 Å². The molecule has 0 bridgehead atoms. The Balaban J connectivity index is 2.10. The molecule has 2 heterocycles. The summed E-state index contributed by atoms with van der Waals surface area (Å²) in [6, 6.07) is 0. The number of methoxy groups -OCH3 is 1. The lowest BCUT2D eigenvalue weighted by Crippen LogP contribution is -3.11. The molecule has 1 aliphatic heterocycles. The molecule has 1 aliphatic rings. The summed E-state index contributed by atoms with van der Waals surface area (Å²) in [5.41, 5.74) is 1.37. The Morgan fingerprint density at radius 3 is 2.55 bits per heavy atom. The molecule has 0 atom stereocenters. The summed E-state index contributed by atoms with van der Waals surface area (Å²) in [5, 5.41) is 3.48. The highest BCUT2D eigenvalue weighted by Gasteiger charge is 2.24. The van der Waals surface area contributed by atoms with E-state index in [0.29, 0.717) is 17.1 Å². The lowest BCUT2D eigenvalue weighted by atomic mass is 10.1. The van der Waals surface area contributed by atoms with Crippen molar-refractivity contribution in [1.29, 1.82) is 0 Å². The molecule has 0 spiro atoms. The Bertz CT molecular complexity index is 519. The van der Waals surface area contributed by atoms with Gasteiger partial charge in [-0.1, -0.05) is 0 Å². The number of hydrogen-bond donors (Lipinski definition) is 2. The van der Waals surface area contributed by atoms with Crippen LogP contribution in [0.15, 0.2) is 0 Å². The monoisotopic (exact) mass is 297 g/mol. The molecule has 2 rings (SSSR count). The summed E-state index contributed by atoms with van der Waals surface area (Å²) in [7, 11) is 1.36. The van der Waals surface area contributed by atoms with Crippen LogP contribution < -0.4 is 10.2 Å². The van der Waals surface area contributed by atoms with Crippen molar-refractivity contribution in [2.45, 2.75) is 26.7 Å². The molecule has 1 fully saturated rings. The van der Waals surface area contributed by atoms with Crippen LogP contribution >= 0.6 is 11.3 Å². The van der Waals surface area contributed by atoms with Crippen LogP contribution in [0.3, 0.4) is 0 Å². The quantitative estimate of drug-likeness (QED) is 0.807. The van der Waals surface area contributed by atoms with Gasteiger partial charge >= 0.3 is 5.97 Å². The van der Waals surface area contributed by atoms with Crippen LogP contribution in [0.5, 0.6) is 0 Å². The van der Waals surface area contributed by atoms with Crippen molar-refractivity contribution in [1.82, 2.24) is 0 Å². The number of amides is 1. The van der Waals surface area contributed by atoms with Crippen molar-refractivity contribution in [3.8, 4) is 0 Å². The topological polar surface area (TPSA) is 59.8 Å². The highest BCUT2D eigenvalue weighted by atomic mass is 32.1. The molecule has 6 heteroatoms. The fourth-order valence-corrected chi connectivity index (χ4v) is 3.58. The normalized spacial score (nSPS) is 15.3. The third-order valence-electron chi connectivity index (χ3n) is 3.75. The van der Waals surface area contributed by atoms with Crippen LogP contribution in [0.4, 0.5) is 5.00 Å². The summed E-state index contributed by atoms with van der Waals surface area (Å²) in [4.78, 5) is 26.2. The lowest BCUT2D eigenvalue weighted by molar-refractivity contribution is -0.878. The lowest BCUT2D eigenvalue weighted by Gasteiger charge is -2.11. The highest BCUT2D eigenvalue weighted by Crippen LogP contribution is 2.32. The average Bonchev–Trinajstić information content (AvgIpc) is 2.99. The van der Waals surface area contributed by atoms with E-state index in [1.54, 1.807) is 0 Å². The van der Waals surface area contributed by atoms with Gasteiger partial charge in [-0.3, -0.25) is 4.79 Å². The molecular formula is C14H21N2O3S+. The predicted molar refractivity (Wildman–Crippen MR) is 78.6 cm³/mol. The molecule has 1 aromatic heterocycles. The van der Waals surface area contributed by atoms with Gasteiger partial charge in [0.1, 0.15) is 5.00 Å². The summed E-state index contributed by atoms with van der Waals surface area (Å²) in [6.45, 7) is 6.39. The van der Waals surface area contributed by atoms with E-state index in [-0.39, 0.29) is 5.91 Å².